The number of esters is 1. The van der Waals surface area contributed by atoms with Crippen molar-refractivity contribution in [3.63, 3.8) is 0 Å². The summed E-state index contributed by atoms with van der Waals surface area (Å²) in [5.74, 6) is -1.76. The van der Waals surface area contributed by atoms with Crippen LogP contribution in [0.15, 0.2) is 30.3 Å². The van der Waals surface area contributed by atoms with Gasteiger partial charge in [-0.2, -0.15) is 4.31 Å². The highest BCUT2D eigenvalue weighted by Crippen LogP contribution is 2.39. The third-order valence-electron chi connectivity index (χ3n) is 12.1. The molecule has 4 rings (SSSR count). The summed E-state index contributed by atoms with van der Waals surface area (Å²) < 4.78 is 53.7. The molecular formula is C41H70N4O9S. The molecule has 3 aliphatic rings. The van der Waals surface area contributed by atoms with Gasteiger partial charge in [0.2, 0.25) is 10.0 Å². The van der Waals surface area contributed by atoms with E-state index in [1.165, 1.54) is 0 Å². The van der Waals surface area contributed by atoms with Gasteiger partial charge in [-0.05, 0) is 86.0 Å². The molecule has 0 aliphatic carbocycles. The molecule has 0 radical (unpaired) electrons. The van der Waals surface area contributed by atoms with E-state index < -0.39 is 57.5 Å². The van der Waals surface area contributed by atoms with Crippen molar-refractivity contribution >= 4 is 21.8 Å². The molecule has 0 unspecified atom stereocenters. The van der Waals surface area contributed by atoms with Crippen LogP contribution in [0.2, 0.25) is 0 Å². The number of likely N-dealkylation sites (N-methyl/N-ethyl adjacent to an activating group) is 1. The molecule has 0 saturated carbocycles. The number of rotatable bonds is 11. The maximum atomic E-state index is 14.5. The number of nitrogens with zero attached hydrogens (tertiary/aromatic N) is 4. The Labute approximate surface area is 331 Å². The Hall–Kier alpha value is -2.01. The van der Waals surface area contributed by atoms with Crippen LogP contribution >= 0.6 is 0 Å². The standard InChI is InChI=1S/C41H70N4O9S/c1-12-18-44-25-28(2)24-41(8,51-11)37(54-38-35(46)33(42(9)10)23-29(3)52-38)30(4)36(47)40(6,7)39(48)53-31(5)34(44)26-43-19-21-45(22-20-43)55(49,50)27-32-16-14-13-15-17-32/h13-17,28-31,33-35,37-38,46H,12,18-27H2,1-11H3/t28-,29-,30+,31+,33+,34+,35-,37-,38+,41-/m1/s1. The Morgan fingerprint density at radius 2 is 1.64 bits per heavy atom. The van der Waals surface area contributed by atoms with Gasteiger partial charge in [0.1, 0.15) is 17.6 Å². The van der Waals surface area contributed by atoms with E-state index in [0.717, 1.165) is 18.5 Å². The normalized spacial score (nSPS) is 35.5. The van der Waals surface area contributed by atoms with E-state index in [4.69, 9.17) is 18.9 Å². The minimum atomic E-state index is -3.48. The van der Waals surface area contributed by atoms with Crippen molar-refractivity contribution in [2.24, 2.45) is 17.3 Å². The van der Waals surface area contributed by atoms with Crippen molar-refractivity contribution in [2.75, 3.05) is 67.0 Å². The number of carbonyl (C=O) groups excluding carboxylic acids is 2. The van der Waals surface area contributed by atoms with Crippen LogP contribution in [0.4, 0.5) is 0 Å². The van der Waals surface area contributed by atoms with Gasteiger partial charge in [0, 0.05) is 58.3 Å². The highest BCUT2D eigenvalue weighted by atomic mass is 32.2. The minimum Gasteiger partial charge on any atom is -0.460 e. The summed E-state index contributed by atoms with van der Waals surface area (Å²) in [5, 5.41) is 11.5. The summed E-state index contributed by atoms with van der Waals surface area (Å²) in [5.41, 5.74) is -1.76. The molecule has 3 fully saturated rings. The third kappa shape index (κ3) is 11.1. The highest BCUT2D eigenvalue weighted by molar-refractivity contribution is 7.88. The van der Waals surface area contributed by atoms with Gasteiger partial charge in [-0.1, -0.05) is 51.1 Å². The lowest BCUT2D eigenvalue weighted by atomic mass is 9.74. The summed E-state index contributed by atoms with van der Waals surface area (Å²) in [4.78, 5) is 35.2. The molecule has 1 aromatic carbocycles. The van der Waals surface area contributed by atoms with E-state index in [9.17, 15) is 23.1 Å². The predicted molar refractivity (Wildman–Crippen MR) is 213 cm³/mol. The van der Waals surface area contributed by atoms with Gasteiger partial charge in [0.25, 0.3) is 0 Å². The first-order valence-corrected chi connectivity index (χ1v) is 21.8. The lowest BCUT2D eigenvalue weighted by Gasteiger charge is -2.47. The van der Waals surface area contributed by atoms with E-state index in [0.29, 0.717) is 52.1 Å². The maximum Gasteiger partial charge on any atom is 0.319 e. The summed E-state index contributed by atoms with van der Waals surface area (Å²) >= 11 is 0. The Morgan fingerprint density at radius 1 is 1.00 bits per heavy atom. The number of ether oxygens (including phenoxy) is 4. The van der Waals surface area contributed by atoms with Crippen LogP contribution in [0.5, 0.6) is 0 Å². The van der Waals surface area contributed by atoms with Gasteiger partial charge in [0.05, 0.1) is 29.6 Å². The molecule has 3 aliphatic heterocycles. The van der Waals surface area contributed by atoms with Gasteiger partial charge < -0.3 is 29.0 Å². The molecule has 55 heavy (non-hydrogen) atoms. The first-order valence-electron chi connectivity index (χ1n) is 20.2. The number of piperazine rings is 1. The zero-order valence-electron chi connectivity index (χ0n) is 35.3. The molecule has 3 saturated heterocycles. The van der Waals surface area contributed by atoms with E-state index in [1.807, 2.05) is 70.1 Å². The molecule has 13 nitrogen and oxygen atoms in total. The minimum absolute atomic E-state index is 0.0327. The first-order chi connectivity index (χ1) is 25.7. The number of aliphatic hydroxyl groups is 1. The van der Waals surface area contributed by atoms with Crippen molar-refractivity contribution in [3.05, 3.63) is 35.9 Å². The molecule has 0 bridgehead atoms. The number of Topliss-reactive ketones (excluding diaryl/α,β-unsaturated/α-hetero) is 1. The summed E-state index contributed by atoms with van der Waals surface area (Å²) in [6.07, 6.45) is -1.59. The molecule has 14 heteroatoms. The molecule has 0 spiro atoms. The second-order valence-electron chi connectivity index (χ2n) is 17.3. The number of carbonyl (C=O) groups is 2. The molecule has 1 N–H and O–H groups in total. The predicted octanol–water partition coefficient (Wildman–Crippen LogP) is 3.63. The molecule has 10 atom stereocenters. The van der Waals surface area contributed by atoms with E-state index in [1.54, 1.807) is 32.2 Å². The summed E-state index contributed by atoms with van der Waals surface area (Å²) in [6.45, 7) is 18.9. The van der Waals surface area contributed by atoms with Crippen LogP contribution in [0.3, 0.4) is 0 Å². The zero-order chi connectivity index (χ0) is 40.9. The Morgan fingerprint density at radius 3 is 2.22 bits per heavy atom. The van der Waals surface area contributed by atoms with Gasteiger partial charge in [-0.3, -0.25) is 19.4 Å². The van der Waals surface area contributed by atoms with Gasteiger partial charge in [-0.25, -0.2) is 8.42 Å². The Balaban J connectivity index is 1.62. The second kappa shape index (κ2) is 19.2. The van der Waals surface area contributed by atoms with Crippen LogP contribution in [0, 0.1) is 17.3 Å². The largest absolute Gasteiger partial charge is 0.460 e. The number of benzene rings is 1. The number of ketones is 1. The highest BCUT2D eigenvalue weighted by Gasteiger charge is 2.52. The topological polar surface area (TPSA) is 138 Å². The van der Waals surface area contributed by atoms with Crippen molar-refractivity contribution in [1.29, 1.82) is 0 Å². The van der Waals surface area contributed by atoms with E-state index >= 15 is 0 Å². The number of hydrogen-bond donors (Lipinski definition) is 1. The molecule has 3 heterocycles. The van der Waals surface area contributed by atoms with Gasteiger partial charge >= 0.3 is 5.97 Å². The SMILES string of the molecule is CCCN1C[C@H](C)C[C@@](C)(OC)[C@H](O[C@@H]2O[C@H](C)C[C@H](N(C)C)[C@H]2O)[C@@H](C)C(=O)C(C)(C)C(=O)O[C@@H](C)[C@@H]1CN1CCN(S(=O)(=O)Cc2ccccc2)CC1. The zero-order valence-corrected chi connectivity index (χ0v) is 36.1. The quantitative estimate of drug-likeness (QED) is 0.259. The van der Waals surface area contributed by atoms with Crippen molar-refractivity contribution in [3.8, 4) is 0 Å². The van der Waals surface area contributed by atoms with Gasteiger partial charge in [0.15, 0.2) is 12.1 Å². The van der Waals surface area contributed by atoms with Crippen molar-refractivity contribution < 1.29 is 42.1 Å². The maximum absolute atomic E-state index is 14.5. The van der Waals surface area contributed by atoms with Crippen LogP contribution in [0.25, 0.3) is 0 Å². The summed E-state index contributed by atoms with van der Waals surface area (Å²) in [7, 11) is 1.97. The second-order valence-corrected chi connectivity index (χ2v) is 19.3. The number of methoxy groups -OCH3 is 1. The van der Waals surface area contributed by atoms with Crippen molar-refractivity contribution in [2.45, 2.75) is 129 Å². The van der Waals surface area contributed by atoms with E-state index in [2.05, 4.69) is 23.6 Å². The van der Waals surface area contributed by atoms with Crippen LogP contribution in [-0.2, 0) is 44.3 Å². The average molecular weight is 795 g/mol. The molecular weight excluding hydrogens is 725 g/mol. The number of sulfonamides is 1. The van der Waals surface area contributed by atoms with Crippen LogP contribution < -0.4 is 0 Å². The first kappa shape index (κ1) is 45.7. The fraction of sp³-hybridized carbons (Fsp3) is 0.805. The lowest BCUT2D eigenvalue weighted by Crippen LogP contribution is -2.59. The van der Waals surface area contributed by atoms with Gasteiger partial charge in [-0.15, -0.1) is 0 Å². The monoisotopic (exact) mass is 794 g/mol. The molecule has 0 aromatic heterocycles. The van der Waals surface area contributed by atoms with E-state index in [-0.39, 0.29) is 35.6 Å². The average Bonchev–Trinajstić information content (AvgIpc) is 3.13. The van der Waals surface area contributed by atoms with Crippen LogP contribution in [0.1, 0.15) is 80.2 Å². The third-order valence-corrected chi connectivity index (χ3v) is 13.9. The number of cyclic esters (lactones) is 1. The van der Waals surface area contributed by atoms with Crippen molar-refractivity contribution in [1.82, 2.24) is 19.0 Å². The Kier molecular flexibility index (Phi) is 15.9. The number of aliphatic hydroxyl groups excluding tert-OH is 1. The van der Waals surface area contributed by atoms with Crippen LogP contribution in [-0.4, -0.2) is 160 Å². The fourth-order valence-electron chi connectivity index (χ4n) is 8.84. The molecule has 314 valence electrons. The smallest absolute Gasteiger partial charge is 0.319 e. The Bertz CT molecular complexity index is 1510. The summed E-state index contributed by atoms with van der Waals surface area (Å²) in [6, 6.07) is 8.81. The molecule has 0 amide bonds. The lowest BCUT2D eigenvalue weighted by molar-refractivity contribution is -0.295. The molecule has 1 aromatic rings. The fourth-order valence-corrected chi connectivity index (χ4v) is 10.4. The number of hydrogen-bond acceptors (Lipinski definition) is 12.